The minimum atomic E-state index is 0.753. The van der Waals surface area contributed by atoms with E-state index in [0.29, 0.717) is 0 Å². The van der Waals surface area contributed by atoms with Gasteiger partial charge in [-0.05, 0) is 25.8 Å². The molecular formula is C14H31N. The largest absolute Gasteiger partial charge is 0.317 e. The third-order valence-electron chi connectivity index (χ3n) is 3.28. The minimum Gasteiger partial charge on any atom is -0.317 e. The van der Waals surface area contributed by atoms with Crippen molar-refractivity contribution in [1.82, 2.24) is 5.32 Å². The van der Waals surface area contributed by atoms with E-state index in [0.717, 1.165) is 12.0 Å². The number of nitrogens with one attached hydrogen (secondary N) is 1. The van der Waals surface area contributed by atoms with Crippen LogP contribution in [0.15, 0.2) is 0 Å². The Hall–Kier alpha value is -0.0400. The molecule has 0 saturated carbocycles. The summed E-state index contributed by atoms with van der Waals surface area (Å²) in [7, 11) is 2.11. The zero-order valence-electron chi connectivity index (χ0n) is 11.3. The van der Waals surface area contributed by atoms with Gasteiger partial charge in [-0.2, -0.15) is 0 Å². The number of hydrogen-bond acceptors (Lipinski definition) is 1. The van der Waals surface area contributed by atoms with Gasteiger partial charge in [0.1, 0.15) is 0 Å². The average Bonchev–Trinajstić information content (AvgIpc) is 2.23. The van der Waals surface area contributed by atoms with E-state index in [9.17, 15) is 0 Å². The van der Waals surface area contributed by atoms with Crippen LogP contribution in [0.25, 0.3) is 0 Å². The molecule has 0 saturated heterocycles. The molecule has 0 amide bonds. The van der Waals surface area contributed by atoms with E-state index in [2.05, 4.69) is 33.1 Å². The van der Waals surface area contributed by atoms with Crippen molar-refractivity contribution in [1.29, 1.82) is 0 Å². The maximum Gasteiger partial charge on any atom is 0.00666 e. The molecule has 0 aromatic carbocycles. The van der Waals surface area contributed by atoms with E-state index in [1.54, 1.807) is 0 Å². The molecule has 1 nitrogen and oxygen atoms in total. The lowest BCUT2D eigenvalue weighted by molar-refractivity contribution is 0.374. The predicted octanol–water partition coefficient (Wildman–Crippen LogP) is 4.37. The summed E-state index contributed by atoms with van der Waals surface area (Å²) in [6, 6.07) is 0.753. The van der Waals surface area contributed by atoms with Gasteiger partial charge in [0.15, 0.2) is 0 Å². The van der Waals surface area contributed by atoms with Gasteiger partial charge in [0, 0.05) is 6.04 Å². The van der Waals surface area contributed by atoms with E-state index in [4.69, 9.17) is 0 Å². The molecule has 2 unspecified atom stereocenters. The molecule has 0 spiro atoms. The van der Waals surface area contributed by atoms with Gasteiger partial charge < -0.3 is 5.32 Å². The highest BCUT2D eigenvalue weighted by molar-refractivity contribution is 4.68. The summed E-state index contributed by atoms with van der Waals surface area (Å²) in [5, 5.41) is 3.47. The first-order valence-electron chi connectivity index (χ1n) is 6.91. The van der Waals surface area contributed by atoms with E-state index in [-0.39, 0.29) is 0 Å². The summed E-state index contributed by atoms with van der Waals surface area (Å²) in [6.07, 6.45) is 11.0. The molecule has 0 fully saturated rings. The van der Waals surface area contributed by atoms with Crippen LogP contribution in [0, 0.1) is 5.92 Å². The van der Waals surface area contributed by atoms with Crippen LogP contribution in [0.4, 0.5) is 0 Å². The molecular weight excluding hydrogens is 182 g/mol. The molecule has 15 heavy (non-hydrogen) atoms. The normalized spacial score (nSPS) is 15.2. The first-order valence-corrected chi connectivity index (χ1v) is 6.91. The zero-order chi connectivity index (χ0) is 11.5. The number of unbranched alkanes of at least 4 members (excludes halogenated alkanes) is 3. The van der Waals surface area contributed by atoms with Crippen LogP contribution in [0.1, 0.15) is 72.1 Å². The Morgan fingerprint density at radius 3 is 2.20 bits per heavy atom. The van der Waals surface area contributed by atoms with Crippen LogP contribution < -0.4 is 5.32 Å². The number of rotatable bonds is 10. The van der Waals surface area contributed by atoms with Gasteiger partial charge in [0.2, 0.25) is 0 Å². The molecule has 0 aromatic rings. The first-order chi connectivity index (χ1) is 7.24. The fraction of sp³-hybridized carbons (Fsp3) is 1.00. The molecule has 0 aliphatic rings. The molecule has 1 N–H and O–H groups in total. The van der Waals surface area contributed by atoms with Gasteiger partial charge in [-0.1, -0.05) is 59.3 Å². The second-order valence-corrected chi connectivity index (χ2v) is 4.96. The average molecular weight is 213 g/mol. The summed E-state index contributed by atoms with van der Waals surface area (Å²) in [5.74, 6) is 0.888. The van der Waals surface area contributed by atoms with Crippen molar-refractivity contribution in [2.45, 2.75) is 78.2 Å². The second-order valence-electron chi connectivity index (χ2n) is 4.96. The second kappa shape index (κ2) is 10.5. The zero-order valence-corrected chi connectivity index (χ0v) is 11.3. The highest BCUT2D eigenvalue weighted by atomic mass is 14.9. The van der Waals surface area contributed by atoms with Crippen molar-refractivity contribution >= 4 is 0 Å². The van der Waals surface area contributed by atoms with E-state index >= 15 is 0 Å². The van der Waals surface area contributed by atoms with Gasteiger partial charge >= 0.3 is 0 Å². The van der Waals surface area contributed by atoms with Gasteiger partial charge in [0.25, 0.3) is 0 Å². The van der Waals surface area contributed by atoms with Crippen molar-refractivity contribution in [3.63, 3.8) is 0 Å². The standard InChI is InChI=1S/C14H31N/c1-5-7-8-9-11-14(15-4)12-13(3)10-6-2/h13-15H,5-12H2,1-4H3. The van der Waals surface area contributed by atoms with Crippen molar-refractivity contribution in [2.24, 2.45) is 5.92 Å². The molecule has 0 aliphatic heterocycles. The van der Waals surface area contributed by atoms with Gasteiger partial charge in [-0.15, -0.1) is 0 Å². The predicted molar refractivity (Wildman–Crippen MR) is 70.3 cm³/mol. The van der Waals surface area contributed by atoms with Crippen molar-refractivity contribution in [3.8, 4) is 0 Å². The Bertz CT molecular complexity index is 123. The first kappa shape index (κ1) is 15.0. The van der Waals surface area contributed by atoms with E-state index in [1.807, 2.05) is 0 Å². The van der Waals surface area contributed by atoms with Gasteiger partial charge in [-0.25, -0.2) is 0 Å². The summed E-state index contributed by atoms with van der Waals surface area (Å²) < 4.78 is 0. The van der Waals surface area contributed by atoms with Crippen molar-refractivity contribution in [3.05, 3.63) is 0 Å². The molecule has 0 aliphatic carbocycles. The fourth-order valence-corrected chi connectivity index (χ4v) is 2.29. The van der Waals surface area contributed by atoms with Gasteiger partial charge in [-0.3, -0.25) is 0 Å². The third kappa shape index (κ3) is 8.92. The quantitative estimate of drug-likeness (QED) is 0.531. The Balaban J connectivity index is 3.53. The Labute approximate surface area is 97.0 Å². The van der Waals surface area contributed by atoms with Crippen LogP contribution >= 0.6 is 0 Å². The molecule has 0 heterocycles. The molecule has 1 heteroatoms. The third-order valence-corrected chi connectivity index (χ3v) is 3.28. The molecule has 0 rings (SSSR count). The molecule has 0 aromatic heterocycles. The monoisotopic (exact) mass is 213 g/mol. The van der Waals surface area contributed by atoms with Crippen LogP contribution in [0.5, 0.6) is 0 Å². The summed E-state index contributed by atoms with van der Waals surface area (Å²) in [6.45, 7) is 6.95. The van der Waals surface area contributed by atoms with E-state index < -0.39 is 0 Å². The maximum absolute atomic E-state index is 3.47. The maximum atomic E-state index is 3.47. The Morgan fingerprint density at radius 2 is 1.67 bits per heavy atom. The smallest absolute Gasteiger partial charge is 0.00666 e. The fourth-order valence-electron chi connectivity index (χ4n) is 2.29. The lowest BCUT2D eigenvalue weighted by atomic mass is 9.94. The highest BCUT2D eigenvalue weighted by Crippen LogP contribution is 2.16. The molecule has 92 valence electrons. The molecule has 2 atom stereocenters. The summed E-state index contributed by atoms with van der Waals surface area (Å²) >= 11 is 0. The van der Waals surface area contributed by atoms with Crippen molar-refractivity contribution in [2.75, 3.05) is 7.05 Å². The van der Waals surface area contributed by atoms with Crippen LogP contribution in [0.2, 0.25) is 0 Å². The van der Waals surface area contributed by atoms with Crippen LogP contribution in [-0.4, -0.2) is 13.1 Å². The Morgan fingerprint density at radius 1 is 0.933 bits per heavy atom. The topological polar surface area (TPSA) is 12.0 Å². The lowest BCUT2D eigenvalue weighted by Crippen LogP contribution is -2.27. The highest BCUT2D eigenvalue weighted by Gasteiger charge is 2.10. The van der Waals surface area contributed by atoms with Gasteiger partial charge in [0.05, 0.1) is 0 Å². The summed E-state index contributed by atoms with van der Waals surface area (Å²) in [4.78, 5) is 0. The molecule has 0 radical (unpaired) electrons. The van der Waals surface area contributed by atoms with Crippen molar-refractivity contribution < 1.29 is 0 Å². The molecule has 0 bridgehead atoms. The van der Waals surface area contributed by atoms with Crippen LogP contribution in [-0.2, 0) is 0 Å². The minimum absolute atomic E-state index is 0.753. The summed E-state index contributed by atoms with van der Waals surface area (Å²) in [5.41, 5.74) is 0. The Kier molecular flexibility index (Phi) is 10.4. The number of hydrogen-bond donors (Lipinski definition) is 1. The lowest BCUT2D eigenvalue weighted by Gasteiger charge is -2.20. The van der Waals surface area contributed by atoms with E-state index in [1.165, 1.54) is 51.4 Å². The van der Waals surface area contributed by atoms with Crippen LogP contribution in [0.3, 0.4) is 0 Å². The SMILES string of the molecule is CCCCCCC(CC(C)CCC)NC.